The van der Waals surface area contributed by atoms with Crippen molar-refractivity contribution in [2.75, 3.05) is 6.54 Å². The average molecular weight is 290 g/mol. The molecule has 1 atom stereocenters. The Hall–Kier alpha value is -1.85. The van der Waals surface area contributed by atoms with Crippen molar-refractivity contribution in [2.24, 2.45) is 0 Å². The van der Waals surface area contributed by atoms with Crippen molar-refractivity contribution in [1.82, 2.24) is 10.6 Å². The Morgan fingerprint density at radius 2 is 1.95 bits per heavy atom. The summed E-state index contributed by atoms with van der Waals surface area (Å²) in [6.07, 6.45) is 0. The van der Waals surface area contributed by atoms with Gasteiger partial charge in [-0.25, -0.2) is 4.79 Å². The van der Waals surface area contributed by atoms with Gasteiger partial charge in [0, 0.05) is 11.4 Å². The number of carbonyl (C=O) groups is 1. The molecule has 20 heavy (non-hydrogen) atoms. The average Bonchev–Trinajstić information content (AvgIpc) is 2.99. The summed E-state index contributed by atoms with van der Waals surface area (Å²) in [7, 11) is 0. The number of hydrogen-bond donors (Lipinski definition) is 3. The van der Waals surface area contributed by atoms with Gasteiger partial charge in [0.05, 0.1) is 6.54 Å². The van der Waals surface area contributed by atoms with Gasteiger partial charge in [-0.1, -0.05) is 36.4 Å². The highest BCUT2D eigenvalue weighted by Crippen LogP contribution is 2.24. The predicted molar refractivity (Wildman–Crippen MR) is 80.6 cm³/mol. The van der Waals surface area contributed by atoms with Gasteiger partial charge in [0.25, 0.3) is 0 Å². The first-order chi connectivity index (χ1) is 9.58. The molecule has 1 aromatic heterocycles. The van der Waals surface area contributed by atoms with Crippen molar-refractivity contribution < 1.29 is 9.90 Å². The monoisotopic (exact) mass is 290 g/mol. The van der Waals surface area contributed by atoms with Crippen molar-refractivity contribution in [1.29, 1.82) is 0 Å². The van der Waals surface area contributed by atoms with Crippen LogP contribution in [0.1, 0.15) is 17.4 Å². The van der Waals surface area contributed by atoms with E-state index in [-0.39, 0.29) is 12.6 Å². The van der Waals surface area contributed by atoms with Gasteiger partial charge in [-0.15, -0.1) is 11.3 Å². The molecule has 4 nitrogen and oxygen atoms in total. The molecule has 0 saturated heterocycles. The molecule has 1 aromatic carbocycles. The summed E-state index contributed by atoms with van der Waals surface area (Å²) in [6.45, 7) is 2.33. The number of hydrogen-bond acceptors (Lipinski definition) is 3. The summed E-state index contributed by atoms with van der Waals surface area (Å²) >= 11 is 1.47. The first-order valence-corrected chi connectivity index (χ1v) is 7.28. The maximum atomic E-state index is 11.7. The number of aliphatic hydroxyl groups is 1. The normalized spacial score (nSPS) is 13.5. The topological polar surface area (TPSA) is 61.4 Å². The van der Waals surface area contributed by atoms with E-state index in [1.54, 1.807) is 6.92 Å². The van der Waals surface area contributed by atoms with E-state index in [0.717, 1.165) is 10.4 Å². The van der Waals surface area contributed by atoms with Gasteiger partial charge in [0.15, 0.2) is 0 Å². The number of benzene rings is 1. The van der Waals surface area contributed by atoms with Gasteiger partial charge in [0.2, 0.25) is 0 Å². The molecular formula is C15H18N2O2S. The van der Waals surface area contributed by atoms with Gasteiger partial charge >= 0.3 is 6.03 Å². The SMILES string of the molecule is CC(O)(CNC(=O)NCc1ccccc1)c1cccs1. The van der Waals surface area contributed by atoms with E-state index in [1.807, 2.05) is 47.8 Å². The second kappa shape index (κ2) is 6.54. The number of urea groups is 1. The fourth-order valence-corrected chi connectivity index (χ4v) is 2.55. The zero-order valence-corrected chi connectivity index (χ0v) is 12.1. The van der Waals surface area contributed by atoms with Gasteiger partial charge < -0.3 is 15.7 Å². The Morgan fingerprint density at radius 1 is 1.20 bits per heavy atom. The van der Waals surface area contributed by atoms with Gasteiger partial charge in [-0.3, -0.25) is 0 Å². The highest BCUT2D eigenvalue weighted by atomic mass is 32.1. The molecule has 0 radical (unpaired) electrons. The summed E-state index contributed by atoms with van der Waals surface area (Å²) in [5.41, 5.74) is -0.00852. The molecular weight excluding hydrogens is 272 g/mol. The molecule has 0 aliphatic carbocycles. The van der Waals surface area contributed by atoms with Crippen LogP contribution in [0.5, 0.6) is 0 Å². The van der Waals surface area contributed by atoms with Crippen molar-refractivity contribution in [2.45, 2.75) is 19.1 Å². The summed E-state index contributed by atoms with van der Waals surface area (Å²) in [6, 6.07) is 13.1. The van der Waals surface area contributed by atoms with Crippen molar-refractivity contribution in [3.63, 3.8) is 0 Å². The van der Waals surface area contributed by atoms with Crippen LogP contribution in [0, 0.1) is 0 Å². The first-order valence-electron chi connectivity index (χ1n) is 6.40. The molecule has 106 valence electrons. The van der Waals surface area contributed by atoms with E-state index in [0.29, 0.717) is 6.54 Å². The molecule has 0 aliphatic rings. The lowest BCUT2D eigenvalue weighted by atomic mass is 10.1. The van der Waals surface area contributed by atoms with E-state index in [4.69, 9.17) is 0 Å². The highest BCUT2D eigenvalue weighted by Gasteiger charge is 2.24. The third-order valence-electron chi connectivity index (χ3n) is 2.94. The predicted octanol–water partition coefficient (Wildman–Crippen LogP) is 2.46. The number of rotatable bonds is 5. The molecule has 0 fully saturated rings. The van der Waals surface area contributed by atoms with Crippen LogP contribution >= 0.6 is 11.3 Å². The first kappa shape index (κ1) is 14.6. The number of nitrogens with one attached hydrogen (secondary N) is 2. The summed E-state index contributed by atoms with van der Waals surface area (Å²) in [5.74, 6) is 0. The highest BCUT2D eigenvalue weighted by molar-refractivity contribution is 7.10. The Morgan fingerprint density at radius 3 is 2.60 bits per heavy atom. The molecule has 1 unspecified atom stereocenters. The molecule has 2 rings (SSSR count). The number of carbonyl (C=O) groups excluding carboxylic acids is 1. The van der Waals surface area contributed by atoms with Crippen LogP contribution in [-0.2, 0) is 12.1 Å². The minimum Gasteiger partial charge on any atom is -0.383 e. The molecule has 3 N–H and O–H groups in total. The third-order valence-corrected chi connectivity index (χ3v) is 4.06. The van der Waals surface area contributed by atoms with Gasteiger partial charge in [0.1, 0.15) is 5.60 Å². The lowest BCUT2D eigenvalue weighted by molar-refractivity contribution is 0.0631. The molecule has 2 amide bonds. The minimum absolute atomic E-state index is 0.175. The van der Waals surface area contributed by atoms with E-state index in [2.05, 4.69) is 10.6 Å². The van der Waals surface area contributed by atoms with Crippen LogP contribution in [0.3, 0.4) is 0 Å². The maximum absolute atomic E-state index is 11.7. The molecule has 1 heterocycles. The molecule has 0 saturated carbocycles. The Bertz CT molecular complexity index is 538. The summed E-state index contributed by atoms with van der Waals surface area (Å²) < 4.78 is 0. The van der Waals surface area contributed by atoms with Crippen LogP contribution in [0.4, 0.5) is 4.79 Å². The summed E-state index contributed by atoms with van der Waals surface area (Å²) in [4.78, 5) is 12.5. The lowest BCUT2D eigenvalue weighted by Gasteiger charge is -2.22. The standard InChI is InChI=1S/C15H18N2O2S/c1-15(19,13-8-5-9-20-13)11-17-14(18)16-10-12-6-3-2-4-7-12/h2-9,19H,10-11H2,1H3,(H2,16,17,18). The third kappa shape index (κ3) is 4.08. The smallest absolute Gasteiger partial charge is 0.315 e. The molecule has 5 heteroatoms. The molecule has 2 aromatic rings. The van der Waals surface area contributed by atoms with Crippen LogP contribution in [-0.4, -0.2) is 17.7 Å². The quantitative estimate of drug-likeness (QED) is 0.792. The fourth-order valence-electron chi connectivity index (χ4n) is 1.77. The summed E-state index contributed by atoms with van der Waals surface area (Å²) in [5, 5.41) is 17.6. The minimum atomic E-state index is -1.04. The Labute approximate surface area is 122 Å². The van der Waals surface area contributed by atoms with E-state index >= 15 is 0 Å². The van der Waals surface area contributed by atoms with E-state index in [1.165, 1.54) is 11.3 Å². The van der Waals surface area contributed by atoms with Crippen molar-refractivity contribution >= 4 is 17.4 Å². The van der Waals surface area contributed by atoms with E-state index in [9.17, 15) is 9.90 Å². The van der Waals surface area contributed by atoms with E-state index < -0.39 is 5.60 Å². The molecule has 0 aliphatic heterocycles. The maximum Gasteiger partial charge on any atom is 0.315 e. The lowest BCUT2D eigenvalue weighted by Crippen LogP contribution is -2.42. The Balaban J connectivity index is 1.78. The number of thiophene rings is 1. The Kier molecular flexibility index (Phi) is 4.76. The largest absolute Gasteiger partial charge is 0.383 e. The molecule has 0 bridgehead atoms. The fraction of sp³-hybridized carbons (Fsp3) is 0.267. The number of amides is 2. The zero-order chi connectivity index (χ0) is 14.4. The van der Waals surface area contributed by atoms with Crippen LogP contribution < -0.4 is 10.6 Å². The van der Waals surface area contributed by atoms with Crippen LogP contribution in [0.2, 0.25) is 0 Å². The van der Waals surface area contributed by atoms with Crippen LogP contribution in [0.25, 0.3) is 0 Å². The van der Waals surface area contributed by atoms with Gasteiger partial charge in [-0.2, -0.15) is 0 Å². The molecule has 0 spiro atoms. The van der Waals surface area contributed by atoms with Crippen molar-refractivity contribution in [3.8, 4) is 0 Å². The second-order valence-electron chi connectivity index (χ2n) is 4.77. The second-order valence-corrected chi connectivity index (χ2v) is 5.72. The van der Waals surface area contributed by atoms with Gasteiger partial charge in [-0.05, 0) is 23.9 Å². The van der Waals surface area contributed by atoms with Crippen molar-refractivity contribution in [3.05, 3.63) is 58.3 Å². The zero-order valence-electron chi connectivity index (χ0n) is 11.3. The van der Waals surface area contributed by atoms with Crippen LogP contribution in [0.15, 0.2) is 47.8 Å².